The van der Waals surface area contributed by atoms with Crippen LogP contribution in [0.4, 0.5) is 5.69 Å². The van der Waals surface area contributed by atoms with E-state index in [1.165, 1.54) is 30.3 Å². The SMILES string of the molecule is CNC(=O)C(=O)CCC(NC(=O)C(C)C1CCNCC1)C(=O)Nc1cccn(CC(=O)NC2C3CCCC(C3)CN2C)c1=O. The predicted octanol–water partition coefficient (Wildman–Crippen LogP) is 0.197. The van der Waals surface area contributed by atoms with Crippen LogP contribution < -0.4 is 32.1 Å². The van der Waals surface area contributed by atoms with E-state index in [-0.39, 0.29) is 54.9 Å². The third-order valence-corrected chi connectivity index (χ3v) is 9.47. The summed E-state index contributed by atoms with van der Waals surface area (Å²) >= 11 is 0. The van der Waals surface area contributed by atoms with Gasteiger partial charge in [0.25, 0.3) is 11.5 Å². The highest BCUT2D eigenvalue weighted by Gasteiger charge is 2.37. The van der Waals surface area contributed by atoms with Crippen molar-refractivity contribution in [2.45, 2.75) is 77.0 Å². The van der Waals surface area contributed by atoms with Crippen molar-refractivity contribution in [3.63, 3.8) is 0 Å². The lowest BCUT2D eigenvalue weighted by Crippen LogP contribution is -2.57. The molecule has 3 fully saturated rings. The van der Waals surface area contributed by atoms with Gasteiger partial charge in [0.15, 0.2) is 0 Å². The van der Waals surface area contributed by atoms with E-state index in [9.17, 15) is 28.8 Å². The summed E-state index contributed by atoms with van der Waals surface area (Å²) in [5.74, 6) is -1.97. The smallest absolute Gasteiger partial charge is 0.287 e. The summed E-state index contributed by atoms with van der Waals surface area (Å²) in [6.07, 6.45) is 7.23. The third-order valence-electron chi connectivity index (χ3n) is 9.47. The lowest BCUT2D eigenvalue weighted by molar-refractivity contribution is -0.138. The number of carbonyl (C=O) groups excluding carboxylic acids is 5. The molecule has 0 aromatic carbocycles. The Morgan fingerprint density at radius 3 is 2.55 bits per heavy atom. The molecule has 1 saturated carbocycles. The fraction of sp³-hybridized carbons (Fsp3) is 0.677. The number of nitrogens with one attached hydrogen (secondary N) is 5. The minimum atomic E-state index is -1.15. The molecule has 5 N–H and O–H groups in total. The number of nitrogens with zero attached hydrogens (tertiary/aromatic N) is 2. The highest BCUT2D eigenvalue weighted by atomic mass is 16.2. The first-order valence-corrected chi connectivity index (χ1v) is 15.8. The molecule has 3 aliphatic rings. The molecule has 0 radical (unpaired) electrons. The molecule has 13 nitrogen and oxygen atoms in total. The van der Waals surface area contributed by atoms with Gasteiger partial charge < -0.3 is 31.2 Å². The molecule has 2 saturated heterocycles. The van der Waals surface area contributed by atoms with Gasteiger partial charge in [-0.1, -0.05) is 13.3 Å². The van der Waals surface area contributed by atoms with Crippen molar-refractivity contribution >= 4 is 35.1 Å². The number of likely N-dealkylation sites (N-methyl/N-ethyl adjacent to an activating group) is 1. The molecule has 5 unspecified atom stereocenters. The lowest BCUT2D eigenvalue weighted by atomic mass is 9.76. The van der Waals surface area contributed by atoms with Gasteiger partial charge in [0.1, 0.15) is 18.3 Å². The Bertz CT molecular complexity index is 1270. The maximum absolute atomic E-state index is 13.4. The Hall–Kier alpha value is -3.58. The van der Waals surface area contributed by atoms with E-state index in [2.05, 4.69) is 31.5 Å². The van der Waals surface area contributed by atoms with Crippen LogP contribution in [-0.4, -0.2) is 84.8 Å². The van der Waals surface area contributed by atoms with Crippen LogP contribution in [-0.2, 0) is 30.5 Å². The average Bonchev–Trinajstić information content (AvgIpc) is 3.02. The average molecular weight is 614 g/mol. The predicted molar refractivity (Wildman–Crippen MR) is 164 cm³/mol. The number of piperidine rings is 2. The van der Waals surface area contributed by atoms with E-state index in [0.29, 0.717) is 11.8 Å². The zero-order chi connectivity index (χ0) is 31.8. The Labute approximate surface area is 258 Å². The first kappa shape index (κ1) is 33.3. The molecule has 242 valence electrons. The maximum atomic E-state index is 13.4. The van der Waals surface area contributed by atoms with Crippen LogP contribution in [0.2, 0.25) is 0 Å². The zero-order valence-corrected chi connectivity index (χ0v) is 26.0. The van der Waals surface area contributed by atoms with Crippen LogP contribution >= 0.6 is 0 Å². The van der Waals surface area contributed by atoms with E-state index in [1.807, 2.05) is 14.0 Å². The summed E-state index contributed by atoms with van der Waals surface area (Å²) in [5, 5.41) is 14.0. The molecule has 4 rings (SSSR count). The van der Waals surface area contributed by atoms with Crippen molar-refractivity contribution < 1.29 is 24.0 Å². The molecule has 2 aliphatic heterocycles. The quantitative estimate of drug-likeness (QED) is 0.208. The van der Waals surface area contributed by atoms with Gasteiger partial charge in [-0.15, -0.1) is 0 Å². The number of amides is 4. The van der Waals surface area contributed by atoms with Crippen molar-refractivity contribution in [2.24, 2.45) is 23.7 Å². The minimum Gasteiger partial charge on any atom is -0.353 e. The zero-order valence-electron chi connectivity index (χ0n) is 26.0. The normalized spacial score (nSPS) is 23.6. The van der Waals surface area contributed by atoms with Gasteiger partial charge in [0.2, 0.25) is 23.5 Å². The van der Waals surface area contributed by atoms with Gasteiger partial charge in [-0.25, -0.2) is 0 Å². The third kappa shape index (κ3) is 8.53. The number of Topliss-reactive ketones (excluding diaryl/α,β-unsaturated/α-hetero) is 1. The van der Waals surface area contributed by atoms with Crippen LogP contribution in [0.3, 0.4) is 0 Å². The van der Waals surface area contributed by atoms with E-state index < -0.39 is 29.2 Å². The molecule has 2 bridgehead atoms. The van der Waals surface area contributed by atoms with Gasteiger partial charge in [-0.05, 0) is 88.5 Å². The molecule has 1 aromatic rings. The molecule has 1 aliphatic carbocycles. The fourth-order valence-corrected chi connectivity index (χ4v) is 6.89. The highest BCUT2D eigenvalue weighted by molar-refractivity contribution is 6.36. The number of fused-ring (bicyclic) bond motifs is 2. The summed E-state index contributed by atoms with van der Waals surface area (Å²) in [6.45, 7) is 4.16. The van der Waals surface area contributed by atoms with Crippen molar-refractivity contribution in [3.8, 4) is 0 Å². The summed E-state index contributed by atoms with van der Waals surface area (Å²) < 4.78 is 1.24. The Balaban J connectivity index is 1.42. The molecule has 5 atom stereocenters. The van der Waals surface area contributed by atoms with Crippen LogP contribution in [0, 0.1) is 23.7 Å². The number of likely N-dealkylation sites (tertiary alicyclic amines) is 1. The van der Waals surface area contributed by atoms with Gasteiger partial charge >= 0.3 is 0 Å². The van der Waals surface area contributed by atoms with Gasteiger partial charge in [-0.3, -0.25) is 33.7 Å². The first-order valence-electron chi connectivity index (χ1n) is 15.8. The summed E-state index contributed by atoms with van der Waals surface area (Å²) in [6, 6.07) is 1.83. The van der Waals surface area contributed by atoms with Crippen LogP contribution in [0.25, 0.3) is 0 Å². The maximum Gasteiger partial charge on any atom is 0.287 e. The van der Waals surface area contributed by atoms with E-state index in [4.69, 9.17) is 0 Å². The fourth-order valence-electron chi connectivity index (χ4n) is 6.89. The molecule has 3 heterocycles. The number of hydrogen-bond acceptors (Lipinski definition) is 8. The molecule has 13 heteroatoms. The minimum absolute atomic E-state index is 0.0570. The van der Waals surface area contributed by atoms with Crippen molar-refractivity contribution in [2.75, 3.05) is 39.0 Å². The van der Waals surface area contributed by atoms with Crippen molar-refractivity contribution in [3.05, 3.63) is 28.7 Å². The Morgan fingerprint density at radius 1 is 1.07 bits per heavy atom. The molecule has 1 aromatic heterocycles. The number of pyridine rings is 1. The van der Waals surface area contributed by atoms with Crippen molar-refractivity contribution in [1.29, 1.82) is 0 Å². The molecule has 4 amide bonds. The van der Waals surface area contributed by atoms with Crippen LogP contribution in [0.1, 0.15) is 58.3 Å². The van der Waals surface area contributed by atoms with Crippen LogP contribution in [0.5, 0.6) is 0 Å². The second-order valence-electron chi connectivity index (χ2n) is 12.6. The van der Waals surface area contributed by atoms with E-state index in [0.717, 1.165) is 51.7 Å². The second kappa shape index (κ2) is 15.4. The molecule has 0 spiro atoms. The van der Waals surface area contributed by atoms with Crippen LogP contribution in [0.15, 0.2) is 23.1 Å². The Morgan fingerprint density at radius 2 is 1.82 bits per heavy atom. The number of anilines is 1. The number of rotatable bonds is 12. The molecular weight excluding hydrogens is 566 g/mol. The summed E-state index contributed by atoms with van der Waals surface area (Å²) in [5.41, 5.74) is -0.626. The largest absolute Gasteiger partial charge is 0.353 e. The van der Waals surface area contributed by atoms with Gasteiger partial charge in [0.05, 0.1) is 6.17 Å². The number of aromatic nitrogens is 1. The molecular formula is C31H47N7O6. The monoisotopic (exact) mass is 613 g/mol. The highest BCUT2D eigenvalue weighted by Crippen LogP contribution is 2.36. The number of hydrogen-bond donors (Lipinski definition) is 5. The number of ketones is 1. The topological polar surface area (TPSA) is 171 Å². The van der Waals surface area contributed by atoms with Crippen molar-refractivity contribution in [1.82, 2.24) is 30.7 Å². The standard InChI is InChI=1S/C31H47N7O6/c1-19(21-11-13-33-14-12-21)28(41)34-23(9-10-25(39)30(43)32-2)29(42)35-24-8-5-15-38(31(24)44)18-26(40)36-27-22-7-4-6-20(16-22)17-37(27)3/h5,8,15,19-23,27,33H,4,6-7,9-14,16-18H2,1-3H3,(H,32,43)(H,34,41)(H,35,42)(H,36,40). The Kier molecular flexibility index (Phi) is 11.7. The van der Waals surface area contributed by atoms with Gasteiger partial charge in [-0.2, -0.15) is 0 Å². The summed E-state index contributed by atoms with van der Waals surface area (Å²) in [4.78, 5) is 79.0. The lowest BCUT2D eigenvalue weighted by Gasteiger charge is -2.46. The van der Waals surface area contributed by atoms with Gasteiger partial charge in [0, 0.05) is 32.1 Å². The van der Waals surface area contributed by atoms with E-state index in [1.54, 1.807) is 6.07 Å². The first-order chi connectivity index (χ1) is 21.1. The van der Waals surface area contributed by atoms with E-state index >= 15 is 0 Å². The number of carbonyl (C=O) groups is 5. The molecule has 44 heavy (non-hydrogen) atoms. The second-order valence-corrected chi connectivity index (χ2v) is 12.6. The summed E-state index contributed by atoms with van der Waals surface area (Å²) in [7, 11) is 3.36.